The summed E-state index contributed by atoms with van der Waals surface area (Å²) in [5.74, 6) is 0.120. The van der Waals surface area contributed by atoms with Gasteiger partial charge in [-0.25, -0.2) is 0 Å². The molecule has 0 aliphatic rings. The third-order valence-corrected chi connectivity index (χ3v) is 5.53. The lowest BCUT2D eigenvalue weighted by molar-refractivity contribution is 0.471. The Morgan fingerprint density at radius 2 is 1.27 bits per heavy atom. The van der Waals surface area contributed by atoms with Gasteiger partial charge < -0.3 is 10.2 Å². The van der Waals surface area contributed by atoms with Crippen molar-refractivity contribution < 1.29 is 10.2 Å². The summed E-state index contributed by atoms with van der Waals surface area (Å²) in [5, 5.41) is 20.2. The second-order valence-electron chi connectivity index (χ2n) is 6.65. The fourth-order valence-electron chi connectivity index (χ4n) is 3.19. The maximum atomic E-state index is 9.78. The second-order valence-corrected chi connectivity index (χ2v) is 7.46. The van der Waals surface area contributed by atoms with Crippen LogP contribution in [0, 0.1) is 0 Å². The molecule has 4 heteroatoms. The van der Waals surface area contributed by atoms with Crippen LogP contribution in [0.1, 0.15) is 30.0 Å². The van der Waals surface area contributed by atoms with Crippen LogP contribution in [-0.4, -0.2) is 10.2 Å². The monoisotopic (exact) mass is 386 g/mol. The first-order valence-electron chi connectivity index (χ1n) is 8.42. The van der Waals surface area contributed by atoms with Gasteiger partial charge in [-0.05, 0) is 53.8 Å². The van der Waals surface area contributed by atoms with Crippen molar-refractivity contribution >= 4 is 23.2 Å². The highest BCUT2D eigenvalue weighted by Crippen LogP contribution is 2.41. The number of hydrogen-bond donors (Lipinski definition) is 2. The summed E-state index contributed by atoms with van der Waals surface area (Å²) >= 11 is 12.3. The first kappa shape index (κ1) is 18.6. The third kappa shape index (κ3) is 3.82. The van der Waals surface area contributed by atoms with Crippen molar-refractivity contribution in [3.05, 3.63) is 93.5 Å². The minimum atomic E-state index is -0.384. The number of hydrogen-bond acceptors (Lipinski definition) is 2. The van der Waals surface area contributed by atoms with Gasteiger partial charge in [-0.15, -0.1) is 0 Å². The van der Waals surface area contributed by atoms with Crippen LogP contribution in [0.25, 0.3) is 0 Å². The highest BCUT2D eigenvalue weighted by Gasteiger charge is 2.30. The highest BCUT2D eigenvalue weighted by atomic mass is 35.5. The van der Waals surface area contributed by atoms with Crippen LogP contribution in [0.2, 0.25) is 10.0 Å². The van der Waals surface area contributed by atoms with Crippen LogP contribution in [0.15, 0.2) is 66.7 Å². The van der Waals surface area contributed by atoms with Crippen LogP contribution in [0.4, 0.5) is 0 Å². The van der Waals surface area contributed by atoms with Gasteiger partial charge in [-0.2, -0.15) is 0 Å². The van der Waals surface area contributed by atoms with E-state index in [4.69, 9.17) is 23.2 Å². The van der Waals surface area contributed by atoms with Crippen molar-refractivity contribution in [3.63, 3.8) is 0 Å². The van der Waals surface area contributed by atoms with Crippen molar-refractivity contribution in [2.45, 2.75) is 25.2 Å². The van der Waals surface area contributed by atoms with E-state index >= 15 is 0 Å². The van der Waals surface area contributed by atoms with E-state index in [2.05, 4.69) is 19.1 Å². The average molecular weight is 387 g/mol. The van der Waals surface area contributed by atoms with Crippen molar-refractivity contribution in [2.75, 3.05) is 0 Å². The molecule has 0 radical (unpaired) electrons. The molecule has 0 aliphatic heterocycles. The van der Waals surface area contributed by atoms with E-state index in [-0.39, 0.29) is 16.9 Å². The molecule has 3 aromatic carbocycles. The number of phenols is 2. The molecule has 0 saturated heterocycles. The maximum absolute atomic E-state index is 9.78. The standard InChI is InChI=1S/C22H20Cl2O2/c1-22(12-11-15-5-3-2-4-6-15,16-7-9-20(25)18(23)13-16)17-8-10-21(26)19(24)14-17/h2-10,13-14,25-26H,11-12H2,1H3. The number of phenolic OH excluding ortho intramolecular Hbond substituents is 2. The van der Waals surface area contributed by atoms with E-state index in [1.54, 1.807) is 24.3 Å². The topological polar surface area (TPSA) is 40.5 Å². The molecule has 3 rings (SSSR count). The lowest BCUT2D eigenvalue weighted by atomic mass is 9.72. The molecular formula is C22H20Cl2O2. The summed E-state index contributed by atoms with van der Waals surface area (Å²) in [6, 6.07) is 20.8. The van der Waals surface area contributed by atoms with Crippen molar-refractivity contribution in [1.29, 1.82) is 0 Å². The summed E-state index contributed by atoms with van der Waals surface area (Å²) in [6.45, 7) is 2.13. The Morgan fingerprint density at radius 1 is 0.769 bits per heavy atom. The molecule has 0 aliphatic carbocycles. The maximum Gasteiger partial charge on any atom is 0.134 e. The lowest BCUT2D eigenvalue weighted by Gasteiger charge is -2.32. The van der Waals surface area contributed by atoms with Gasteiger partial charge in [0.2, 0.25) is 0 Å². The zero-order chi connectivity index (χ0) is 18.7. The molecule has 0 atom stereocenters. The molecule has 0 spiro atoms. The Balaban J connectivity index is 2.04. The predicted molar refractivity (Wildman–Crippen MR) is 107 cm³/mol. The summed E-state index contributed by atoms with van der Waals surface area (Å²) in [4.78, 5) is 0. The Morgan fingerprint density at radius 3 is 1.73 bits per heavy atom. The Bertz CT molecular complexity index is 856. The molecule has 26 heavy (non-hydrogen) atoms. The van der Waals surface area contributed by atoms with Gasteiger partial charge in [-0.3, -0.25) is 0 Å². The lowest BCUT2D eigenvalue weighted by Crippen LogP contribution is -2.24. The van der Waals surface area contributed by atoms with E-state index in [1.807, 2.05) is 30.3 Å². The fourth-order valence-corrected chi connectivity index (χ4v) is 3.56. The summed E-state index contributed by atoms with van der Waals surface area (Å²) in [6.07, 6.45) is 1.69. The molecule has 134 valence electrons. The summed E-state index contributed by atoms with van der Waals surface area (Å²) < 4.78 is 0. The first-order valence-corrected chi connectivity index (χ1v) is 9.17. The van der Waals surface area contributed by atoms with Crippen molar-refractivity contribution in [1.82, 2.24) is 0 Å². The number of aryl methyl sites for hydroxylation is 1. The second kappa shape index (κ2) is 7.61. The molecule has 0 bridgehead atoms. The number of rotatable bonds is 5. The molecule has 0 amide bonds. The molecule has 0 unspecified atom stereocenters. The zero-order valence-electron chi connectivity index (χ0n) is 14.4. The molecule has 0 saturated carbocycles. The van der Waals surface area contributed by atoms with Gasteiger partial charge in [-0.1, -0.05) is 72.6 Å². The van der Waals surface area contributed by atoms with Gasteiger partial charge >= 0.3 is 0 Å². The highest BCUT2D eigenvalue weighted by molar-refractivity contribution is 6.32. The number of benzene rings is 3. The Labute approximate surface area is 163 Å². The van der Waals surface area contributed by atoms with Crippen LogP contribution in [0.5, 0.6) is 11.5 Å². The largest absolute Gasteiger partial charge is 0.506 e. The van der Waals surface area contributed by atoms with E-state index in [9.17, 15) is 10.2 Å². The van der Waals surface area contributed by atoms with Gasteiger partial charge in [0, 0.05) is 5.41 Å². The zero-order valence-corrected chi connectivity index (χ0v) is 15.9. The normalized spacial score (nSPS) is 11.5. The number of aromatic hydroxyl groups is 2. The van der Waals surface area contributed by atoms with Crippen LogP contribution in [0.3, 0.4) is 0 Å². The predicted octanol–water partition coefficient (Wildman–Crippen LogP) is 6.34. The number of halogens is 2. The SMILES string of the molecule is CC(CCc1ccccc1)(c1ccc(O)c(Cl)c1)c1ccc(O)c(Cl)c1. The smallest absolute Gasteiger partial charge is 0.134 e. The van der Waals surface area contributed by atoms with E-state index < -0.39 is 0 Å². The Kier molecular flexibility index (Phi) is 5.45. The molecule has 2 nitrogen and oxygen atoms in total. The molecule has 0 aromatic heterocycles. The molecule has 0 fully saturated rings. The van der Waals surface area contributed by atoms with Gasteiger partial charge in [0.15, 0.2) is 0 Å². The van der Waals surface area contributed by atoms with Crippen molar-refractivity contribution in [2.24, 2.45) is 0 Å². The van der Waals surface area contributed by atoms with Crippen LogP contribution in [-0.2, 0) is 11.8 Å². The van der Waals surface area contributed by atoms with Gasteiger partial charge in [0.05, 0.1) is 10.0 Å². The quantitative estimate of drug-likeness (QED) is 0.536. The first-order chi connectivity index (χ1) is 12.4. The average Bonchev–Trinajstić information content (AvgIpc) is 2.65. The molecule has 3 aromatic rings. The molecular weight excluding hydrogens is 367 g/mol. The van der Waals surface area contributed by atoms with Gasteiger partial charge in [0.25, 0.3) is 0 Å². The van der Waals surface area contributed by atoms with Crippen molar-refractivity contribution in [3.8, 4) is 11.5 Å². The minimum absolute atomic E-state index is 0.0598. The third-order valence-electron chi connectivity index (χ3n) is 4.93. The summed E-state index contributed by atoms with van der Waals surface area (Å²) in [7, 11) is 0. The minimum Gasteiger partial charge on any atom is -0.506 e. The van der Waals surface area contributed by atoms with E-state index in [1.165, 1.54) is 5.56 Å². The van der Waals surface area contributed by atoms with Crippen LogP contribution < -0.4 is 0 Å². The Hall–Kier alpha value is -2.16. The summed E-state index contributed by atoms with van der Waals surface area (Å²) in [5.41, 5.74) is 2.83. The van der Waals surface area contributed by atoms with Gasteiger partial charge in [0.1, 0.15) is 11.5 Å². The van der Waals surface area contributed by atoms with E-state index in [0.29, 0.717) is 10.0 Å². The van der Waals surface area contributed by atoms with E-state index in [0.717, 1.165) is 24.0 Å². The molecule has 0 heterocycles. The van der Waals surface area contributed by atoms with Crippen LogP contribution >= 0.6 is 23.2 Å². The fraction of sp³-hybridized carbons (Fsp3) is 0.182. The molecule has 2 N–H and O–H groups in total.